The summed E-state index contributed by atoms with van der Waals surface area (Å²) in [5.41, 5.74) is 0. The summed E-state index contributed by atoms with van der Waals surface area (Å²) in [6, 6.07) is 10.1. The third-order valence-electron chi connectivity index (χ3n) is 5.46. The van der Waals surface area contributed by atoms with E-state index in [1.165, 1.54) is 11.4 Å². The molecule has 3 rings (SSSR count). The number of amides is 1. The summed E-state index contributed by atoms with van der Waals surface area (Å²) < 4.78 is 38.4. The van der Waals surface area contributed by atoms with Crippen molar-refractivity contribution in [2.45, 2.75) is 51.1 Å². The van der Waals surface area contributed by atoms with Gasteiger partial charge in [0.25, 0.3) is 0 Å². The van der Waals surface area contributed by atoms with Crippen molar-refractivity contribution in [3.8, 4) is 5.75 Å². The lowest BCUT2D eigenvalue weighted by Gasteiger charge is -2.35. The zero-order valence-electron chi connectivity index (χ0n) is 18.0. The maximum Gasteiger partial charge on any atom is 0.243 e. The Hall–Kier alpha value is -2.32. The molecule has 1 atom stereocenters. The van der Waals surface area contributed by atoms with Crippen LogP contribution in [0.4, 0.5) is 0 Å². The van der Waals surface area contributed by atoms with Gasteiger partial charge in [-0.3, -0.25) is 4.79 Å². The normalized spacial score (nSPS) is 17.8. The van der Waals surface area contributed by atoms with E-state index in [9.17, 15) is 13.2 Å². The summed E-state index contributed by atoms with van der Waals surface area (Å²) in [4.78, 5) is 15.3. The van der Waals surface area contributed by atoms with Gasteiger partial charge < -0.3 is 14.1 Å². The molecule has 30 heavy (non-hydrogen) atoms. The molecule has 0 bridgehead atoms. The molecular formula is C22H30N2O5S. The minimum atomic E-state index is -3.67. The fraction of sp³-hybridized carbons (Fsp3) is 0.500. The van der Waals surface area contributed by atoms with Crippen LogP contribution in [0.1, 0.15) is 38.2 Å². The van der Waals surface area contributed by atoms with Gasteiger partial charge in [0.1, 0.15) is 17.3 Å². The number of piperidine rings is 1. The number of hydrogen-bond acceptors (Lipinski definition) is 5. The van der Waals surface area contributed by atoms with Crippen LogP contribution in [0, 0.1) is 12.8 Å². The number of methoxy groups -OCH3 is 1. The van der Waals surface area contributed by atoms with Crippen molar-refractivity contribution in [2.75, 3.05) is 20.2 Å². The number of carbonyl (C=O) groups excluding carboxylic acids is 1. The molecule has 1 aromatic heterocycles. The Labute approximate surface area is 178 Å². The first kappa shape index (κ1) is 22.4. The quantitative estimate of drug-likeness (QED) is 0.667. The van der Waals surface area contributed by atoms with Gasteiger partial charge >= 0.3 is 0 Å². The van der Waals surface area contributed by atoms with Gasteiger partial charge in [-0.05, 0) is 70.0 Å². The molecule has 2 heterocycles. The predicted molar refractivity (Wildman–Crippen MR) is 114 cm³/mol. The first-order valence-corrected chi connectivity index (χ1v) is 11.7. The Morgan fingerprint density at radius 2 is 1.93 bits per heavy atom. The molecule has 1 aromatic carbocycles. The van der Waals surface area contributed by atoms with Crippen molar-refractivity contribution in [3.63, 3.8) is 0 Å². The molecular weight excluding hydrogens is 404 g/mol. The van der Waals surface area contributed by atoms with Crippen LogP contribution in [-0.4, -0.2) is 49.8 Å². The van der Waals surface area contributed by atoms with Gasteiger partial charge in [0.2, 0.25) is 15.9 Å². The smallest absolute Gasteiger partial charge is 0.243 e. The number of aryl methyl sites for hydroxylation is 1. The number of hydrogen-bond donors (Lipinski definition) is 0. The van der Waals surface area contributed by atoms with Crippen LogP contribution in [0.2, 0.25) is 0 Å². The third-order valence-corrected chi connectivity index (χ3v) is 7.34. The van der Waals surface area contributed by atoms with Gasteiger partial charge in [0.05, 0.1) is 24.5 Å². The van der Waals surface area contributed by atoms with Crippen LogP contribution in [0.5, 0.6) is 5.75 Å². The van der Waals surface area contributed by atoms with E-state index in [-0.39, 0.29) is 29.3 Å². The average molecular weight is 435 g/mol. The maximum absolute atomic E-state index is 13.3. The SMILES string of the molecule is COc1ccc(S(=O)(=O)N2CCCC(C(=O)N(Cc3ccc(C)o3)C(C)C)C2)cc1. The van der Waals surface area contributed by atoms with Gasteiger partial charge in [0, 0.05) is 19.1 Å². The molecule has 2 aromatic rings. The topological polar surface area (TPSA) is 80.1 Å². The number of nitrogens with zero attached hydrogens (tertiary/aromatic N) is 2. The molecule has 0 saturated carbocycles. The average Bonchev–Trinajstić information content (AvgIpc) is 3.16. The van der Waals surface area contributed by atoms with E-state index >= 15 is 0 Å². The molecule has 0 aliphatic carbocycles. The number of sulfonamides is 1. The van der Waals surface area contributed by atoms with E-state index in [2.05, 4.69) is 0 Å². The van der Waals surface area contributed by atoms with Crippen molar-refractivity contribution in [1.29, 1.82) is 0 Å². The van der Waals surface area contributed by atoms with Crippen LogP contribution < -0.4 is 4.74 Å². The molecule has 1 unspecified atom stereocenters. The lowest BCUT2D eigenvalue weighted by atomic mass is 9.97. The Morgan fingerprint density at radius 3 is 2.50 bits per heavy atom. The van der Waals surface area contributed by atoms with Crippen LogP contribution >= 0.6 is 0 Å². The fourth-order valence-corrected chi connectivity index (χ4v) is 5.27. The molecule has 0 N–H and O–H groups in total. The minimum absolute atomic E-state index is 0.0172. The predicted octanol–water partition coefficient (Wildman–Crippen LogP) is 3.43. The number of rotatable bonds is 7. The Morgan fingerprint density at radius 1 is 1.23 bits per heavy atom. The monoisotopic (exact) mass is 434 g/mol. The number of carbonyl (C=O) groups is 1. The maximum atomic E-state index is 13.3. The van der Waals surface area contributed by atoms with E-state index in [1.807, 2.05) is 32.9 Å². The Kier molecular flexibility index (Phi) is 6.88. The van der Waals surface area contributed by atoms with Gasteiger partial charge in [-0.15, -0.1) is 0 Å². The number of benzene rings is 1. The van der Waals surface area contributed by atoms with E-state index in [4.69, 9.17) is 9.15 Å². The first-order valence-electron chi connectivity index (χ1n) is 10.2. The summed E-state index contributed by atoms with van der Waals surface area (Å²) in [5, 5.41) is 0. The minimum Gasteiger partial charge on any atom is -0.497 e. The molecule has 0 spiro atoms. The van der Waals surface area contributed by atoms with Crippen molar-refractivity contribution in [1.82, 2.24) is 9.21 Å². The summed E-state index contributed by atoms with van der Waals surface area (Å²) >= 11 is 0. The number of furan rings is 1. The second-order valence-corrected chi connectivity index (χ2v) is 9.89. The molecule has 1 fully saturated rings. The summed E-state index contributed by atoms with van der Waals surface area (Å²) in [6.45, 7) is 6.77. The fourth-order valence-electron chi connectivity index (χ4n) is 3.75. The van der Waals surface area contributed by atoms with Crippen molar-refractivity contribution in [3.05, 3.63) is 47.9 Å². The molecule has 0 radical (unpaired) electrons. The highest BCUT2D eigenvalue weighted by atomic mass is 32.2. The van der Waals surface area contributed by atoms with Gasteiger partial charge in [-0.2, -0.15) is 4.31 Å². The first-order chi connectivity index (χ1) is 14.2. The molecule has 8 heteroatoms. The highest BCUT2D eigenvalue weighted by Crippen LogP contribution is 2.27. The van der Waals surface area contributed by atoms with Crippen molar-refractivity contribution < 1.29 is 22.4 Å². The second kappa shape index (κ2) is 9.22. The summed E-state index contributed by atoms with van der Waals surface area (Å²) in [6.07, 6.45) is 1.32. The van der Waals surface area contributed by atoms with E-state index in [0.29, 0.717) is 31.7 Å². The standard InChI is InChI=1S/C22H30N2O5S/c1-16(2)24(15-20-8-7-17(3)29-20)22(25)18-6-5-13-23(14-18)30(26,27)21-11-9-19(28-4)10-12-21/h7-12,16,18H,5-6,13-15H2,1-4H3. The highest BCUT2D eigenvalue weighted by molar-refractivity contribution is 7.89. The molecule has 7 nitrogen and oxygen atoms in total. The molecule has 164 valence electrons. The van der Waals surface area contributed by atoms with Crippen LogP contribution in [-0.2, 0) is 21.4 Å². The lowest BCUT2D eigenvalue weighted by Crippen LogP contribution is -2.48. The third kappa shape index (κ3) is 4.87. The van der Waals surface area contributed by atoms with Crippen molar-refractivity contribution in [2.24, 2.45) is 5.92 Å². The van der Waals surface area contributed by atoms with Gasteiger partial charge in [0.15, 0.2) is 0 Å². The van der Waals surface area contributed by atoms with Crippen LogP contribution in [0.25, 0.3) is 0 Å². The van der Waals surface area contributed by atoms with Crippen molar-refractivity contribution >= 4 is 15.9 Å². The van der Waals surface area contributed by atoms with E-state index in [0.717, 1.165) is 11.5 Å². The summed E-state index contributed by atoms with van der Waals surface area (Å²) in [7, 11) is -2.13. The van der Waals surface area contributed by atoms with Crippen LogP contribution in [0.3, 0.4) is 0 Å². The zero-order valence-corrected chi connectivity index (χ0v) is 18.8. The lowest BCUT2D eigenvalue weighted by molar-refractivity contribution is -0.139. The molecule has 1 amide bonds. The van der Waals surface area contributed by atoms with E-state index < -0.39 is 10.0 Å². The largest absolute Gasteiger partial charge is 0.497 e. The molecule has 1 saturated heterocycles. The van der Waals surface area contributed by atoms with E-state index in [1.54, 1.807) is 29.2 Å². The highest BCUT2D eigenvalue weighted by Gasteiger charge is 2.36. The molecule has 1 aliphatic heterocycles. The number of ether oxygens (including phenoxy) is 1. The Bertz CT molecular complexity index is 966. The van der Waals surface area contributed by atoms with Gasteiger partial charge in [-0.1, -0.05) is 0 Å². The Balaban J connectivity index is 1.75. The van der Waals surface area contributed by atoms with Gasteiger partial charge in [-0.25, -0.2) is 8.42 Å². The molecule has 1 aliphatic rings. The second-order valence-electron chi connectivity index (χ2n) is 7.95. The zero-order chi connectivity index (χ0) is 21.9. The van der Waals surface area contributed by atoms with Crippen LogP contribution in [0.15, 0.2) is 45.7 Å². The summed E-state index contributed by atoms with van der Waals surface area (Å²) in [5.74, 6) is 1.73.